The van der Waals surface area contributed by atoms with Crippen molar-refractivity contribution in [3.05, 3.63) is 12.7 Å². The second-order valence-corrected chi connectivity index (χ2v) is 2.18. The maximum absolute atomic E-state index is 10.6. The van der Waals surface area contributed by atoms with Crippen molar-refractivity contribution in [1.82, 2.24) is 0 Å². The third kappa shape index (κ3) is 4.87. The molecule has 0 fully saturated rings. The van der Waals surface area contributed by atoms with Crippen molar-refractivity contribution < 1.29 is 19.4 Å². The first-order valence-corrected chi connectivity index (χ1v) is 3.70. The largest absolute Gasteiger partial charge is 0.465 e. The summed E-state index contributed by atoms with van der Waals surface area (Å²) in [6.07, 6.45) is 1.82. The highest BCUT2D eigenvalue weighted by atomic mass is 16.6. The fourth-order valence-electron chi connectivity index (χ4n) is 0.591. The lowest BCUT2D eigenvalue weighted by Crippen LogP contribution is -2.25. The van der Waals surface area contributed by atoms with Crippen molar-refractivity contribution in [3.63, 3.8) is 0 Å². The smallest absolute Gasteiger partial charge is 0.363 e. The molecule has 0 saturated heterocycles. The molecule has 0 amide bonds. The summed E-state index contributed by atoms with van der Waals surface area (Å²) >= 11 is 0. The number of unbranched alkanes of at least 4 members (excludes halogenated alkanes) is 1. The number of hydrogen-bond acceptors (Lipinski definition) is 4. The van der Waals surface area contributed by atoms with Crippen molar-refractivity contribution >= 4 is 5.97 Å². The van der Waals surface area contributed by atoms with Gasteiger partial charge in [-0.2, -0.15) is 0 Å². The first-order chi connectivity index (χ1) is 5.72. The van der Waals surface area contributed by atoms with Crippen molar-refractivity contribution in [2.45, 2.75) is 19.1 Å². The number of esters is 1. The van der Waals surface area contributed by atoms with E-state index in [1.807, 2.05) is 0 Å². The Kier molecular flexibility index (Phi) is 6.32. The molecule has 0 aromatic rings. The minimum absolute atomic E-state index is 0.322. The maximum atomic E-state index is 10.6. The summed E-state index contributed by atoms with van der Waals surface area (Å²) in [5.41, 5.74) is 0. The van der Waals surface area contributed by atoms with Crippen LogP contribution in [0.1, 0.15) is 12.8 Å². The number of allylic oxidation sites excluding steroid dienone is 1. The van der Waals surface area contributed by atoms with Gasteiger partial charge in [0, 0.05) is 0 Å². The molecule has 0 radical (unpaired) electrons. The highest BCUT2D eigenvalue weighted by Crippen LogP contribution is 1.95. The lowest BCUT2D eigenvalue weighted by Gasteiger charge is -2.08. The first kappa shape index (κ1) is 11.1. The minimum Gasteiger partial charge on any atom is -0.465 e. The summed E-state index contributed by atoms with van der Waals surface area (Å²) in [6, 6.07) is 0. The van der Waals surface area contributed by atoms with E-state index in [9.17, 15) is 4.79 Å². The van der Waals surface area contributed by atoms with E-state index in [1.54, 1.807) is 6.08 Å². The molecular formula is C8H14O4. The summed E-state index contributed by atoms with van der Waals surface area (Å²) in [5, 5.41) is 8.89. The standard InChI is InChI=1S/C8H14O4/c1-3-4-5-6-12-8(10)7(9)11-2/h3,8,10H,1,4-6H2,2H3/t8-/m0/s1. The molecule has 0 aromatic heterocycles. The van der Waals surface area contributed by atoms with Gasteiger partial charge in [0.15, 0.2) is 0 Å². The van der Waals surface area contributed by atoms with Gasteiger partial charge in [0.05, 0.1) is 13.7 Å². The molecule has 0 aromatic carbocycles. The van der Waals surface area contributed by atoms with E-state index < -0.39 is 12.3 Å². The number of carbonyl (C=O) groups excluding carboxylic acids is 1. The quantitative estimate of drug-likeness (QED) is 0.275. The normalized spacial score (nSPS) is 12.2. The van der Waals surface area contributed by atoms with E-state index in [4.69, 9.17) is 9.84 Å². The van der Waals surface area contributed by atoms with Gasteiger partial charge in [-0.3, -0.25) is 0 Å². The van der Waals surface area contributed by atoms with Gasteiger partial charge >= 0.3 is 5.97 Å². The zero-order valence-corrected chi connectivity index (χ0v) is 7.16. The van der Waals surface area contributed by atoms with E-state index in [2.05, 4.69) is 11.3 Å². The predicted octanol–water partition coefficient (Wildman–Crippen LogP) is 0.461. The first-order valence-electron chi connectivity index (χ1n) is 3.70. The van der Waals surface area contributed by atoms with Crippen LogP contribution in [0.15, 0.2) is 12.7 Å². The van der Waals surface area contributed by atoms with Gasteiger partial charge in [-0.05, 0) is 12.8 Å². The highest BCUT2D eigenvalue weighted by molar-refractivity contribution is 5.72. The van der Waals surface area contributed by atoms with E-state index in [1.165, 1.54) is 7.11 Å². The predicted molar refractivity (Wildman–Crippen MR) is 43.4 cm³/mol. The SMILES string of the molecule is C=CCCCO[C@H](O)C(=O)OC. The molecule has 0 spiro atoms. The van der Waals surface area contributed by atoms with Gasteiger partial charge in [-0.15, -0.1) is 6.58 Å². The van der Waals surface area contributed by atoms with Crippen LogP contribution in [0.25, 0.3) is 0 Å². The molecule has 0 aliphatic rings. The Balaban J connectivity index is 3.36. The van der Waals surface area contributed by atoms with Crippen LogP contribution in [0.4, 0.5) is 0 Å². The molecule has 0 aliphatic carbocycles. The highest BCUT2D eigenvalue weighted by Gasteiger charge is 2.14. The molecule has 0 rings (SSSR count). The lowest BCUT2D eigenvalue weighted by molar-refractivity contribution is -0.180. The third-order valence-corrected chi connectivity index (χ3v) is 1.23. The number of aliphatic hydroxyl groups is 1. The fourth-order valence-corrected chi connectivity index (χ4v) is 0.591. The second kappa shape index (κ2) is 6.82. The topological polar surface area (TPSA) is 55.8 Å². The van der Waals surface area contributed by atoms with Crippen LogP contribution in [-0.4, -0.2) is 31.1 Å². The second-order valence-electron chi connectivity index (χ2n) is 2.18. The van der Waals surface area contributed by atoms with E-state index in [-0.39, 0.29) is 0 Å². The summed E-state index contributed by atoms with van der Waals surface area (Å²) < 4.78 is 8.96. The van der Waals surface area contributed by atoms with Gasteiger partial charge in [0.1, 0.15) is 0 Å². The van der Waals surface area contributed by atoms with E-state index >= 15 is 0 Å². The molecule has 4 heteroatoms. The Bertz CT molecular complexity index is 144. The monoisotopic (exact) mass is 174 g/mol. The summed E-state index contributed by atoms with van der Waals surface area (Å²) in [6.45, 7) is 3.84. The molecule has 1 atom stereocenters. The molecule has 12 heavy (non-hydrogen) atoms. The van der Waals surface area contributed by atoms with Crippen LogP contribution in [0.3, 0.4) is 0 Å². The van der Waals surface area contributed by atoms with Crippen molar-refractivity contribution in [1.29, 1.82) is 0 Å². The molecule has 0 saturated carbocycles. The van der Waals surface area contributed by atoms with Gasteiger partial charge in [0.2, 0.25) is 0 Å². The number of ether oxygens (including phenoxy) is 2. The number of rotatable bonds is 6. The fraction of sp³-hybridized carbons (Fsp3) is 0.625. The van der Waals surface area contributed by atoms with Crippen LogP contribution in [0.5, 0.6) is 0 Å². The molecule has 0 aliphatic heterocycles. The number of carbonyl (C=O) groups is 1. The molecule has 0 heterocycles. The summed E-state index contributed by atoms with van der Waals surface area (Å²) in [4.78, 5) is 10.6. The number of aliphatic hydroxyl groups excluding tert-OH is 1. The van der Waals surface area contributed by atoms with Crippen LogP contribution in [0, 0.1) is 0 Å². The molecular weight excluding hydrogens is 160 g/mol. The van der Waals surface area contributed by atoms with Crippen LogP contribution in [-0.2, 0) is 14.3 Å². The third-order valence-electron chi connectivity index (χ3n) is 1.23. The van der Waals surface area contributed by atoms with E-state index in [0.29, 0.717) is 6.61 Å². The average molecular weight is 174 g/mol. The molecule has 0 unspecified atom stereocenters. The Labute approximate surface area is 71.8 Å². The van der Waals surface area contributed by atoms with Gasteiger partial charge in [-0.25, -0.2) is 4.79 Å². The maximum Gasteiger partial charge on any atom is 0.363 e. The molecule has 0 bridgehead atoms. The molecule has 1 N–H and O–H groups in total. The van der Waals surface area contributed by atoms with Crippen molar-refractivity contribution in [3.8, 4) is 0 Å². The van der Waals surface area contributed by atoms with Crippen molar-refractivity contribution in [2.24, 2.45) is 0 Å². The van der Waals surface area contributed by atoms with Gasteiger partial charge < -0.3 is 14.6 Å². The van der Waals surface area contributed by atoms with E-state index in [0.717, 1.165) is 12.8 Å². The summed E-state index contributed by atoms with van der Waals surface area (Å²) in [5.74, 6) is -0.770. The van der Waals surface area contributed by atoms with Crippen LogP contribution in [0.2, 0.25) is 0 Å². The Morgan fingerprint density at radius 3 is 2.92 bits per heavy atom. The number of methoxy groups -OCH3 is 1. The van der Waals surface area contributed by atoms with Gasteiger partial charge in [-0.1, -0.05) is 6.08 Å². The van der Waals surface area contributed by atoms with Crippen LogP contribution >= 0.6 is 0 Å². The zero-order valence-electron chi connectivity index (χ0n) is 7.16. The van der Waals surface area contributed by atoms with Gasteiger partial charge in [0.25, 0.3) is 6.29 Å². The van der Waals surface area contributed by atoms with Crippen LogP contribution < -0.4 is 0 Å². The zero-order chi connectivity index (χ0) is 9.40. The number of hydrogen-bond donors (Lipinski definition) is 1. The molecule has 4 nitrogen and oxygen atoms in total. The summed E-state index contributed by atoms with van der Waals surface area (Å²) in [7, 11) is 1.19. The lowest BCUT2D eigenvalue weighted by atomic mass is 10.3. The Morgan fingerprint density at radius 2 is 2.42 bits per heavy atom. The molecule has 70 valence electrons. The Morgan fingerprint density at radius 1 is 1.75 bits per heavy atom. The van der Waals surface area contributed by atoms with Crippen molar-refractivity contribution in [2.75, 3.05) is 13.7 Å². The average Bonchev–Trinajstić information content (AvgIpc) is 2.10. The minimum atomic E-state index is -1.46. The Hall–Kier alpha value is -0.870.